The van der Waals surface area contributed by atoms with E-state index in [2.05, 4.69) is 5.32 Å². The summed E-state index contributed by atoms with van der Waals surface area (Å²) in [5.74, 6) is 0.603. The van der Waals surface area contributed by atoms with Crippen LogP contribution in [0.5, 0.6) is 5.75 Å². The minimum absolute atomic E-state index is 0.106. The summed E-state index contributed by atoms with van der Waals surface area (Å²) in [7, 11) is 1.55. The second-order valence-electron chi connectivity index (χ2n) is 6.26. The highest BCUT2D eigenvalue weighted by atomic mass is 19.1. The fourth-order valence-electron chi connectivity index (χ4n) is 3.75. The van der Waals surface area contributed by atoms with Crippen LogP contribution in [0.1, 0.15) is 37.7 Å². The molecule has 0 amide bonds. The van der Waals surface area contributed by atoms with Crippen LogP contribution >= 0.6 is 0 Å². The first kappa shape index (κ1) is 14.5. The summed E-state index contributed by atoms with van der Waals surface area (Å²) < 4.78 is 18.6. The summed E-state index contributed by atoms with van der Waals surface area (Å²) in [4.78, 5) is 12.6. The van der Waals surface area contributed by atoms with Gasteiger partial charge in [-0.1, -0.05) is 6.42 Å². The van der Waals surface area contributed by atoms with Gasteiger partial charge in [0.05, 0.1) is 7.11 Å². The number of nitrogens with one attached hydrogen (secondary N) is 1. The monoisotopic (exact) mass is 291 g/mol. The summed E-state index contributed by atoms with van der Waals surface area (Å²) in [5.41, 5.74) is 0.659. The second kappa shape index (κ2) is 6.14. The molecule has 2 aliphatic rings. The number of methoxy groups -OCH3 is 1. The lowest BCUT2D eigenvalue weighted by molar-refractivity contribution is -0.124. The van der Waals surface area contributed by atoms with Crippen LogP contribution in [0.4, 0.5) is 4.39 Å². The number of hydrogen-bond acceptors (Lipinski definition) is 3. The minimum Gasteiger partial charge on any atom is -0.496 e. The SMILES string of the molecule is COc1ccc(F)cc1CC(=O)C1CC2CCCC(C1)N2. The highest BCUT2D eigenvalue weighted by Crippen LogP contribution is 2.31. The van der Waals surface area contributed by atoms with Crippen molar-refractivity contribution in [2.24, 2.45) is 5.92 Å². The van der Waals surface area contributed by atoms with Crippen LogP contribution in [0.2, 0.25) is 0 Å². The van der Waals surface area contributed by atoms with Gasteiger partial charge in [0.15, 0.2) is 0 Å². The Balaban J connectivity index is 1.70. The van der Waals surface area contributed by atoms with E-state index in [9.17, 15) is 9.18 Å². The van der Waals surface area contributed by atoms with Crippen LogP contribution in [0, 0.1) is 11.7 Å². The Labute approximate surface area is 124 Å². The van der Waals surface area contributed by atoms with E-state index >= 15 is 0 Å². The number of halogens is 1. The van der Waals surface area contributed by atoms with Crippen molar-refractivity contribution in [2.75, 3.05) is 7.11 Å². The minimum atomic E-state index is -0.319. The summed E-state index contributed by atoms with van der Waals surface area (Å²) in [5, 5.41) is 3.60. The molecule has 0 radical (unpaired) electrons. The van der Waals surface area contributed by atoms with Gasteiger partial charge in [0.2, 0.25) is 0 Å². The summed E-state index contributed by atoms with van der Waals surface area (Å²) in [6.45, 7) is 0. The molecule has 21 heavy (non-hydrogen) atoms. The quantitative estimate of drug-likeness (QED) is 0.927. The molecule has 2 unspecified atom stereocenters. The molecule has 2 aliphatic heterocycles. The number of carbonyl (C=O) groups excluding carboxylic acids is 1. The van der Waals surface area contributed by atoms with Crippen LogP contribution in [-0.2, 0) is 11.2 Å². The fourth-order valence-corrected chi connectivity index (χ4v) is 3.75. The third-order valence-electron chi connectivity index (χ3n) is 4.78. The average molecular weight is 291 g/mol. The van der Waals surface area contributed by atoms with Gasteiger partial charge in [0.1, 0.15) is 17.3 Å². The Kier molecular flexibility index (Phi) is 4.24. The molecule has 1 aromatic carbocycles. The second-order valence-corrected chi connectivity index (χ2v) is 6.26. The summed E-state index contributed by atoms with van der Waals surface area (Å²) in [6, 6.07) is 5.34. The number of Topliss-reactive ketones (excluding diaryl/α,β-unsaturated/α-hetero) is 1. The van der Waals surface area contributed by atoms with Gasteiger partial charge in [-0.15, -0.1) is 0 Å². The van der Waals surface area contributed by atoms with Crippen molar-refractivity contribution < 1.29 is 13.9 Å². The van der Waals surface area contributed by atoms with Crippen molar-refractivity contribution in [2.45, 2.75) is 50.6 Å². The van der Waals surface area contributed by atoms with Gasteiger partial charge >= 0.3 is 0 Å². The Morgan fingerprint density at radius 1 is 1.33 bits per heavy atom. The van der Waals surface area contributed by atoms with E-state index in [4.69, 9.17) is 4.74 Å². The molecule has 1 N–H and O–H groups in total. The Morgan fingerprint density at radius 2 is 2.05 bits per heavy atom. The van der Waals surface area contributed by atoms with Crippen LogP contribution in [-0.4, -0.2) is 25.0 Å². The van der Waals surface area contributed by atoms with E-state index in [0.717, 1.165) is 12.8 Å². The van der Waals surface area contributed by atoms with E-state index in [1.54, 1.807) is 13.2 Å². The van der Waals surface area contributed by atoms with Gasteiger partial charge in [-0.25, -0.2) is 4.39 Å². The molecule has 2 bridgehead atoms. The van der Waals surface area contributed by atoms with Crippen molar-refractivity contribution in [3.05, 3.63) is 29.6 Å². The molecule has 114 valence electrons. The molecular formula is C17H22FNO2. The van der Waals surface area contributed by atoms with E-state index in [1.165, 1.54) is 31.4 Å². The van der Waals surface area contributed by atoms with E-state index < -0.39 is 0 Å². The molecule has 2 saturated heterocycles. The number of piperidine rings is 2. The largest absolute Gasteiger partial charge is 0.496 e. The molecule has 2 heterocycles. The van der Waals surface area contributed by atoms with Crippen LogP contribution < -0.4 is 10.1 Å². The topological polar surface area (TPSA) is 38.3 Å². The van der Waals surface area contributed by atoms with Crippen molar-refractivity contribution >= 4 is 5.78 Å². The lowest BCUT2D eigenvalue weighted by Gasteiger charge is -2.39. The molecule has 0 spiro atoms. The zero-order valence-corrected chi connectivity index (χ0v) is 12.4. The number of fused-ring (bicyclic) bond motifs is 2. The maximum absolute atomic E-state index is 13.4. The zero-order valence-electron chi connectivity index (χ0n) is 12.4. The van der Waals surface area contributed by atoms with Gasteiger partial charge in [0, 0.05) is 30.0 Å². The number of rotatable bonds is 4. The molecule has 0 aromatic heterocycles. The lowest BCUT2D eigenvalue weighted by atomic mass is 9.77. The highest BCUT2D eigenvalue weighted by Gasteiger charge is 2.34. The van der Waals surface area contributed by atoms with Gasteiger partial charge in [0.25, 0.3) is 0 Å². The van der Waals surface area contributed by atoms with Crippen molar-refractivity contribution in [1.29, 1.82) is 0 Å². The van der Waals surface area contributed by atoms with Crippen LogP contribution in [0.25, 0.3) is 0 Å². The lowest BCUT2D eigenvalue weighted by Crippen LogP contribution is -2.50. The van der Waals surface area contributed by atoms with Crippen molar-refractivity contribution in [3.8, 4) is 5.75 Å². The highest BCUT2D eigenvalue weighted by molar-refractivity contribution is 5.84. The predicted octanol–water partition coefficient (Wildman–Crippen LogP) is 2.87. The van der Waals surface area contributed by atoms with E-state index in [1.807, 2.05) is 0 Å². The standard InChI is InChI=1S/C17H22FNO2/c1-21-17-6-5-13(18)7-12(17)10-16(20)11-8-14-3-2-4-15(9-11)19-14/h5-7,11,14-15,19H,2-4,8-10H2,1H3. The molecule has 2 atom stereocenters. The molecule has 1 aromatic rings. The molecule has 3 nitrogen and oxygen atoms in total. The Morgan fingerprint density at radius 3 is 2.71 bits per heavy atom. The summed E-state index contributed by atoms with van der Waals surface area (Å²) in [6.07, 6.45) is 5.72. The summed E-state index contributed by atoms with van der Waals surface area (Å²) >= 11 is 0. The molecular weight excluding hydrogens is 269 g/mol. The van der Waals surface area contributed by atoms with Gasteiger partial charge in [-0.2, -0.15) is 0 Å². The Hall–Kier alpha value is -1.42. The maximum Gasteiger partial charge on any atom is 0.140 e. The first-order valence-electron chi connectivity index (χ1n) is 7.77. The van der Waals surface area contributed by atoms with Gasteiger partial charge in [-0.05, 0) is 43.9 Å². The molecule has 3 rings (SSSR count). The first-order valence-corrected chi connectivity index (χ1v) is 7.77. The van der Waals surface area contributed by atoms with Crippen LogP contribution in [0.15, 0.2) is 18.2 Å². The molecule has 0 aliphatic carbocycles. The number of carbonyl (C=O) groups is 1. The van der Waals surface area contributed by atoms with Crippen LogP contribution in [0.3, 0.4) is 0 Å². The third-order valence-corrected chi connectivity index (χ3v) is 4.78. The van der Waals surface area contributed by atoms with Gasteiger partial charge in [-0.3, -0.25) is 4.79 Å². The van der Waals surface area contributed by atoms with E-state index in [-0.39, 0.29) is 23.9 Å². The van der Waals surface area contributed by atoms with Crippen molar-refractivity contribution in [1.82, 2.24) is 5.32 Å². The average Bonchev–Trinajstić information content (AvgIpc) is 2.47. The molecule has 4 heteroatoms. The van der Waals surface area contributed by atoms with E-state index in [0.29, 0.717) is 23.4 Å². The normalized spacial score (nSPS) is 28.2. The number of benzene rings is 1. The fraction of sp³-hybridized carbons (Fsp3) is 0.588. The predicted molar refractivity (Wildman–Crippen MR) is 78.9 cm³/mol. The maximum atomic E-state index is 13.4. The number of ketones is 1. The van der Waals surface area contributed by atoms with Crippen molar-refractivity contribution in [3.63, 3.8) is 0 Å². The number of hydrogen-bond donors (Lipinski definition) is 1. The molecule has 0 saturated carbocycles. The number of ether oxygens (including phenoxy) is 1. The third kappa shape index (κ3) is 3.26. The smallest absolute Gasteiger partial charge is 0.140 e. The Bertz CT molecular complexity index is 520. The molecule has 2 fully saturated rings. The zero-order chi connectivity index (χ0) is 14.8. The van der Waals surface area contributed by atoms with Gasteiger partial charge < -0.3 is 10.1 Å². The first-order chi connectivity index (χ1) is 10.2.